The molecule has 5 nitrogen and oxygen atoms in total. The number of carbonyl (C=O) groups is 2. The number of amides is 1. The molecule has 1 amide bonds. The number of carboxylic acid groups (broad SMARTS) is 1. The Morgan fingerprint density at radius 1 is 1.12 bits per heavy atom. The zero-order valence-corrected chi connectivity index (χ0v) is 10.0. The SMILES string of the molecule is O=C(O)C1CCCCCN1C(=O)[C@@H]1CCCN1. The molecule has 2 aliphatic heterocycles. The summed E-state index contributed by atoms with van der Waals surface area (Å²) < 4.78 is 0. The van der Waals surface area contributed by atoms with Crippen LogP contribution in [-0.2, 0) is 9.59 Å². The maximum atomic E-state index is 12.3. The number of nitrogens with zero attached hydrogens (tertiary/aromatic N) is 1. The summed E-state index contributed by atoms with van der Waals surface area (Å²) in [5.74, 6) is -0.880. The van der Waals surface area contributed by atoms with E-state index in [9.17, 15) is 14.7 Å². The summed E-state index contributed by atoms with van der Waals surface area (Å²) in [6, 6.07) is -0.776. The summed E-state index contributed by atoms with van der Waals surface area (Å²) >= 11 is 0. The lowest BCUT2D eigenvalue weighted by molar-refractivity contribution is -0.151. The van der Waals surface area contributed by atoms with Crippen LogP contribution in [-0.4, -0.2) is 47.1 Å². The number of hydrogen-bond acceptors (Lipinski definition) is 3. The minimum Gasteiger partial charge on any atom is -0.480 e. The van der Waals surface area contributed by atoms with Crippen LogP contribution in [0.4, 0.5) is 0 Å². The molecule has 2 N–H and O–H groups in total. The number of likely N-dealkylation sites (tertiary alicyclic amines) is 1. The monoisotopic (exact) mass is 240 g/mol. The van der Waals surface area contributed by atoms with Crippen LogP contribution in [0, 0.1) is 0 Å². The topological polar surface area (TPSA) is 69.6 Å². The average molecular weight is 240 g/mol. The highest BCUT2D eigenvalue weighted by Crippen LogP contribution is 2.20. The molecule has 2 aliphatic rings. The summed E-state index contributed by atoms with van der Waals surface area (Å²) in [6.45, 7) is 1.45. The summed E-state index contributed by atoms with van der Waals surface area (Å²) in [5.41, 5.74) is 0. The van der Waals surface area contributed by atoms with E-state index in [4.69, 9.17) is 0 Å². The molecule has 17 heavy (non-hydrogen) atoms. The van der Waals surface area contributed by atoms with Crippen molar-refractivity contribution in [2.75, 3.05) is 13.1 Å². The lowest BCUT2D eigenvalue weighted by Gasteiger charge is -2.29. The van der Waals surface area contributed by atoms with E-state index in [0.29, 0.717) is 13.0 Å². The molecule has 0 aromatic rings. The second-order valence-corrected chi connectivity index (χ2v) is 4.88. The third-order valence-electron chi connectivity index (χ3n) is 3.68. The number of carbonyl (C=O) groups excluding carboxylic acids is 1. The van der Waals surface area contributed by atoms with E-state index in [-0.39, 0.29) is 11.9 Å². The van der Waals surface area contributed by atoms with Gasteiger partial charge in [-0.05, 0) is 32.2 Å². The Bertz CT molecular complexity index is 300. The minimum atomic E-state index is -0.863. The van der Waals surface area contributed by atoms with Crippen LogP contribution >= 0.6 is 0 Å². The van der Waals surface area contributed by atoms with Crippen molar-refractivity contribution in [2.45, 2.75) is 50.6 Å². The van der Waals surface area contributed by atoms with E-state index in [1.807, 2.05) is 0 Å². The second-order valence-electron chi connectivity index (χ2n) is 4.88. The van der Waals surface area contributed by atoms with Gasteiger partial charge in [0, 0.05) is 6.54 Å². The lowest BCUT2D eigenvalue weighted by Crippen LogP contribution is -2.51. The maximum Gasteiger partial charge on any atom is 0.326 e. The quantitative estimate of drug-likeness (QED) is 0.741. The molecule has 2 atom stereocenters. The zero-order valence-electron chi connectivity index (χ0n) is 10.0. The van der Waals surface area contributed by atoms with Gasteiger partial charge in [-0.3, -0.25) is 4.79 Å². The predicted octanol–water partition coefficient (Wildman–Crippen LogP) is 0.594. The zero-order chi connectivity index (χ0) is 12.3. The van der Waals surface area contributed by atoms with Gasteiger partial charge >= 0.3 is 5.97 Å². The molecule has 0 aromatic heterocycles. The van der Waals surface area contributed by atoms with Crippen molar-refractivity contribution in [3.8, 4) is 0 Å². The van der Waals surface area contributed by atoms with Gasteiger partial charge in [0.25, 0.3) is 0 Å². The molecule has 0 spiro atoms. The van der Waals surface area contributed by atoms with Crippen molar-refractivity contribution in [1.29, 1.82) is 0 Å². The summed E-state index contributed by atoms with van der Waals surface area (Å²) in [7, 11) is 0. The van der Waals surface area contributed by atoms with E-state index >= 15 is 0 Å². The molecule has 5 heteroatoms. The van der Waals surface area contributed by atoms with E-state index in [1.165, 1.54) is 0 Å². The van der Waals surface area contributed by atoms with Crippen molar-refractivity contribution in [3.63, 3.8) is 0 Å². The van der Waals surface area contributed by atoms with Crippen LogP contribution < -0.4 is 5.32 Å². The normalized spacial score (nSPS) is 30.0. The predicted molar refractivity (Wildman–Crippen MR) is 62.6 cm³/mol. The van der Waals surface area contributed by atoms with E-state index in [0.717, 1.165) is 38.6 Å². The molecule has 0 bridgehead atoms. The first-order valence-corrected chi connectivity index (χ1v) is 6.47. The molecule has 2 fully saturated rings. The number of rotatable bonds is 2. The van der Waals surface area contributed by atoms with Crippen molar-refractivity contribution >= 4 is 11.9 Å². The van der Waals surface area contributed by atoms with Crippen molar-refractivity contribution in [3.05, 3.63) is 0 Å². The first-order valence-electron chi connectivity index (χ1n) is 6.47. The molecule has 1 unspecified atom stereocenters. The van der Waals surface area contributed by atoms with Gasteiger partial charge in [-0.25, -0.2) is 4.79 Å². The average Bonchev–Trinajstić information content (AvgIpc) is 2.71. The van der Waals surface area contributed by atoms with Crippen molar-refractivity contribution in [1.82, 2.24) is 10.2 Å². The molecular formula is C12H20N2O3. The maximum absolute atomic E-state index is 12.3. The van der Waals surface area contributed by atoms with Crippen LogP contribution in [0.1, 0.15) is 38.5 Å². The Labute approximate surface area is 101 Å². The lowest BCUT2D eigenvalue weighted by atomic mass is 10.1. The van der Waals surface area contributed by atoms with Crippen LogP contribution in [0.15, 0.2) is 0 Å². The van der Waals surface area contributed by atoms with Crippen LogP contribution in [0.5, 0.6) is 0 Å². The molecule has 0 aliphatic carbocycles. The van der Waals surface area contributed by atoms with E-state index in [2.05, 4.69) is 5.32 Å². The third-order valence-corrected chi connectivity index (χ3v) is 3.68. The summed E-state index contributed by atoms with van der Waals surface area (Å²) in [5, 5.41) is 12.4. The molecule has 2 rings (SSSR count). The summed E-state index contributed by atoms with van der Waals surface area (Å²) in [4.78, 5) is 25.1. The first-order chi connectivity index (χ1) is 8.20. The van der Waals surface area contributed by atoms with Crippen LogP contribution in [0.2, 0.25) is 0 Å². The molecule has 96 valence electrons. The second kappa shape index (κ2) is 5.49. The van der Waals surface area contributed by atoms with Crippen molar-refractivity contribution < 1.29 is 14.7 Å². The fraction of sp³-hybridized carbons (Fsp3) is 0.833. The summed E-state index contributed by atoms with van der Waals surface area (Å²) in [6.07, 6.45) is 5.27. The van der Waals surface area contributed by atoms with Crippen LogP contribution in [0.3, 0.4) is 0 Å². The third kappa shape index (κ3) is 2.77. The van der Waals surface area contributed by atoms with Gasteiger partial charge in [0.15, 0.2) is 0 Å². The van der Waals surface area contributed by atoms with Crippen LogP contribution in [0.25, 0.3) is 0 Å². The van der Waals surface area contributed by atoms with Gasteiger partial charge in [0.1, 0.15) is 6.04 Å². The highest BCUT2D eigenvalue weighted by Gasteiger charge is 2.35. The number of nitrogens with one attached hydrogen (secondary N) is 1. The molecular weight excluding hydrogens is 220 g/mol. The fourth-order valence-electron chi connectivity index (χ4n) is 2.72. The van der Waals surface area contributed by atoms with Gasteiger partial charge in [-0.15, -0.1) is 0 Å². The molecule has 0 saturated carbocycles. The van der Waals surface area contributed by atoms with Gasteiger partial charge < -0.3 is 15.3 Å². The standard InChI is InChI=1S/C12H20N2O3/c15-11(9-5-4-7-13-9)14-8-3-1-2-6-10(14)12(16)17/h9-10,13H,1-8H2,(H,16,17)/t9-,10?/m0/s1. The van der Waals surface area contributed by atoms with Gasteiger partial charge in [0.2, 0.25) is 5.91 Å². The molecule has 0 radical (unpaired) electrons. The number of hydrogen-bond donors (Lipinski definition) is 2. The molecule has 2 heterocycles. The van der Waals surface area contributed by atoms with Gasteiger partial charge in [0.05, 0.1) is 6.04 Å². The highest BCUT2D eigenvalue weighted by atomic mass is 16.4. The smallest absolute Gasteiger partial charge is 0.326 e. The molecule has 0 aromatic carbocycles. The number of carboxylic acids is 1. The fourth-order valence-corrected chi connectivity index (χ4v) is 2.72. The Morgan fingerprint density at radius 2 is 1.94 bits per heavy atom. The Balaban J connectivity index is 2.08. The Morgan fingerprint density at radius 3 is 2.59 bits per heavy atom. The largest absolute Gasteiger partial charge is 0.480 e. The Kier molecular flexibility index (Phi) is 3.99. The Hall–Kier alpha value is -1.10. The highest BCUT2D eigenvalue weighted by molar-refractivity contribution is 5.87. The number of aliphatic carboxylic acids is 1. The van der Waals surface area contributed by atoms with Gasteiger partial charge in [-0.1, -0.05) is 12.8 Å². The van der Waals surface area contributed by atoms with E-state index in [1.54, 1.807) is 4.90 Å². The first kappa shape index (κ1) is 12.4. The van der Waals surface area contributed by atoms with E-state index < -0.39 is 12.0 Å². The molecule has 2 saturated heterocycles. The minimum absolute atomic E-state index is 0.0169. The van der Waals surface area contributed by atoms with Crippen molar-refractivity contribution in [2.24, 2.45) is 0 Å². The van der Waals surface area contributed by atoms with Gasteiger partial charge in [-0.2, -0.15) is 0 Å².